The number of nitrogens with zero attached hydrogens (tertiary/aromatic N) is 4. The lowest BCUT2D eigenvalue weighted by Crippen LogP contribution is -2.35. The highest BCUT2D eigenvalue weighted by molar-refractivity contribution is 5.96. The van der Waals surface area contributed by atoms with Crippen LogP contribution in [0.4, 0.5) is 5.69 Å². The van der Waals surface area contributed by atoms with Gasteiger partial charge in [0.1, 0.15) is 6.54 Å². The van der Waals surface area contributed by atoms with Gasteiger partial charge < -0.3 is 4.74 Å². The molecule has 0 bridgehead atoms. The molecule has 1 aromatic carbocycles. The molecule has 0 atom stereocenters. The standard InChI is InChI=1S/C18H18N4O4/c1-2-11-22-16(23)9-8-15(20-22)18(25)26-13-17(24)21(12-10-19)14-6-4-3-5-7-14/h3-9H,2,11-13H2,1H3. The summed E-state index contributed by atoms with van der Waals surface area (Å²) in [6, 6.07) is 13.0. The van der Waals surface area contributed by atoms with Gasteiger partial charge in [-0.25, -0.2) is 9.48 Å². The minimum atomic E-state index is -0.812. The highest BCUT2D eigenvalue weighted by Crippen LogP contribution is 2.13. The van der Waals surface area contributed by atoms with Gasteiger partial charge in [0.05, 0.1) is 6.07 Å². The Kier molecular flexibility index (Phi) is 6.62. The van der Waals surface area contributed by atoms with Gasteiger partial charge in [-0.2, -0.15) is 10.4 Å². The van der Waals surface area contributed by atoms with E-state index in [1.165, 1.54) is 21.7 Å². The predicted octanol–water partition coefficient (Wildman–Crippen LogP) is 1.37. The number of ether oxygens (including phenoxy) is 1. The van der Waals surface area contributed by atoms with Crippen LogP contribution < -0.4 is 10.5 Å². The van der Waals surface area contributed by atoms with Gasteiger partial charge in [-0.1, -0.05) is 25.1 Å². The topological polar surface area (TPSA) is 105 Å². The maximum atomic E-state index is 12.3. The Labute approximate surface area is 150 Å². The molecule has 2 aromatic rings. The minimum absolute atomic E-state index is 0.0580. The molecular weight excluding hydrogens is 336 g/mol. The fourth-order valence-corrected chi connectivity index (χ4v) is 2.21. The zero-order valence-corrected chi connectivity index (χ0v) is 14.3. The van der Waals surface area contributed by atoms with Gasteiger partial charge in [0.25, 0.3) is 11.5 Å². The zero-order valence-electron chi connectivity index (χ0n) is 14.3. The molecule has 0 aliphatic carbocycles. The number of amides is 1. The van der Waals surface area contributed by atoms with E-state index in [1.54, 1.807) is 30.3 Å². The maximum absolute atomic E-state index is 12.3. The van der Waals surface area contributed by atoms with E-state index < -0.39 is 18.5 Å². The summed E-state index contributed by atoms with van der Waals surface area (Å²) in [5.74, 6) is -1.35. The second kappa shape index (κ2) is 9.13. The summed E-state index contributed by atoms with van der Waals surface area (Å²) in [6.07, 6.45) is 0.685. The molecule has 0 radical (unpaired) electrons. The highest BCUT2D eigenvalue weighted by atomic mass is 16.5. The Morgan fingerprint density at radius 1 is 1.23 bits per heavy atom. The predicted molar refractivity (Wildman–Crippen MR) is 93.5 cm³/mol. The van der Waals surface area contributed by atoms with Gasteiger partial charge in [-0.05, 0) is 24.6 Å². The number of para-hydroxylation sites is 1. The summed E-state index contributed by atoms with van der Waals surface area (Å²) in [6.45, 7) is 1.55. The Morgan fingerprint density at radius 3 is 2.62 bits per heavy atom. The van der Waals surface area contributed by atoms with E-state index >= 15 is 0 Å². The molecule has 0 saturated heterocycles. The van der Waals surface area contributed by atoms with Crippen molar-refractivity contribution in [3.8, 4) is 6.07 Å². The van der Waals surface area contributed by atoms with Crippen molar-refractivity contribution < 1.29 is 14.3 Å². The molecule has 1 aromatic heterocycles. The molecule has 134 valence electrons. The van der Waals surface area contributed by atoms with Crippen LogP contribution in [0.25, 0.3) is 0 Å². The number of esters is 1. The number of aromatic nitrogens is 2. The van der Waals surface area contributed by atoms with Gasteiger partial charge in [-0.3, -0.25) is 14.5 Å². The number of hydrogen-bond acceptors (Lipinski definition) is 6. The summed E-state index contributed by atoms with van der Waals surface area (Å²) >= 11 is 0. The largest absolute Gasteiger partial charge is 0.451 e. The van der Waals surface area contributed by atoms with Crippen LogP contribution in [-0.4, -0.2) is 34.8 Å². The maximum Gasteiger partial charge on any atom is 0.359 e. The lowest BCUT2D eigenvalue weighted by molar-refractivity contribution is -0.121. The van der Waals surface area contributed by atoms with Crippen LogP contribution in [0, 0.1) is 11.3 Å². The average molecular weight is 354 g/mol. The van der Waals surface area contributed by atoms with Crippen molar-refractivity contribution in [3.63, 3.8) is 0 Å². The van der Waals surface area contributed by atoms with Crippen molar-refractivity contribution in [2.24, 2.45) is 0 Å². The molecule has 0 unspecified atom stereocenters. The molecule has 0 aliphatic rings. The molecule has 1 amide bonds. The fourth-order valence-electron chi connectivity index (χ4n) is 2.21. The Morgan fingerprint density at radius 2 is 1.96 bits per heavy atom. The summed E-state index contributed by atoms with van der Waals surface area (Å²) in [5, 5.41) is 12.8. The summed E-state index contributed by atoms with van der Waals surface area (Å²) < 4.78 is 6.17. The summed E-state index contributed by atoms with van der Waals surface area (Å²) in [7, 11) is 0. The quantitative estimate of drug-likeness (QED) is 0.549. The third-order valence-corrected chi connectivity index (χ3v) is 3.44. The van der Waals surface area contributed by atoms with Crippen LogP contribution in [-0.2, 0) is 16.1 Å². The van der Waals surface area contributed by atoms with E-state index in [0.717, 1.165) is 0 Å². The minimum Gasteiger partial charge on any atom is -0.451 e. The summed E-state index contributed by atoms with van der Waals surface area (Å²) in [5.41, 5.74) is 0.158. The van der Waals surface area contributed by atoms with Crippen molar-refractivity contribution in [3.05, 3.63) is 58.5 Å². The second-order valence-electron chi connectivity index (χ2n) is 5.33. The van der Waals surface area contributed by atoms with Gasteiger partial charge in [0.2, 0.25) is 0 Å². The van der Waals surface area contributed by atoms with Crippen molar-refractivity contribution in [1.82, 2.24) is 9.78 Å². The zero-order chi connectivity index (χ0) is 18.9. The Hall–Kier alpha value is -3.47. The fraction of sp³-hybridized carbons (Fsp3) is 0.278. The monoisotopic (exact) mass is 354 g/mol. The van der Waals surface area contributed by atoms with Crippen LogP contribution in [0.3, 0.4) is 0 Å². The molecule has 1 heterocycles. The van der Waals surface area contributed by atoms with Crippen molar-refractivity contribution >= 4 is 17.6 Å². The first kappa shape index (κ1) is 18.9. The van der Waals surface area contributed by atoms with E-state index in [-0.39, 0.29) is 17.8 Å². The second-order valence-corrected chi connectivity index (χ2v) is 5.33. The van der Waals surface area contributed by atoms with E-state index in [2.05, 4.69) is 5.10 Å². The number of benzene rings is 1. The van der Waals surface area contributed by atoms with E-state index in [1.807, 2.05) is 13.0 Å². The Balaban J connectivity index is 2.06. The lowest BCUT2D eigenvalue weighted by atomic mass is 10.3. The first-order valence-electron chi connectivity index (χ1n) is 8.04. The van der Waals surface area contributed by atoms with Crippen LogP contribution in [0.1, 0.15) is 23.8 Å². The third-order valence-electron chi connectivity index (χ3n) is 3.44. The first-order chi connectivity index (χ1) is 12.6. The average Bonchev–Trinajstić information content (AvgIpc) is 2.66. The SMILES string of the molecule is CCCn1nc(C(=O)OCC(=O)N(CC#N)c2ccccc2)ccc1=O. The number of anilines is 1. The van der Waals surface area contributed by atoms with Gasteiger partial charge in [0, 0.05) is 18.3 Å². The number of carbonyl (C=O) groups is 2. The van der Waals surface area contributed by atoms with Crippen LogP contribution in [0.2, 0.25) is 0 Å². The smallest absolute Gasteiger partial charge is 0.359 e. The van der Waals surface area contributed by atoms with E-state index in [4.69, 9.17) is 10.00 Å². The normalized spacial score (nSPS) is 10.0. The molecule has 0 saturated carbocycles. The first-order valence-corrected chi connectivity index (χ1v) is 8.04. The molecule has 8 heteroatoms. The number of carbonyl (C=O) groups excluding carboxylic acids is 2. The molecule has 8 nitrogen and oxygen atoms in total. The van der Waals surface area contributed by atoms with E-state index in [9.17, 15) is 14.4 Å². The van der Waals surface area contributed by atoms with E-state index in [0.29, 0.717) is 18.7 Å². The van der Waals surface area contributed by atoms with Gasteiger partial charge in [0.15, 0.2) is 12.3 Å². The molecule has 2 rings (SSSR count). The number of nitriles is 1. The van der Waals surface area contributed by atoms with Crippen molar-refractivity contribution in [2.75, 3.05) is 18.1 Å². The number of rotatable bonds is 7. The van der Waals surface area contributed by atoms with Crippen LogP contribution in [0.15, 0.2) is 47.3 Å². The van der Waals surface area contributed by atoms with Gasteiger partial charge >= 0.3 is 5.97 Å². The number of aryl methyl sites for hydroxylation is 1. The Bertz CT molecular complexity index is 871. The highest BCUT2D eigenvalue weighted by Gasteiger charge is 2.19. The van der Waals surface area contributed by atoms with Crippen LogP contribution in [0.5, 0.6) is 0 Å². The third kappa shape index (κ3) is 4.77. The molecular formula is C18H18N4O4. The summed E-state index contributed by atoms with van der Waals surface area (Å²) in [4.78, 5) is 37.3. The molecule has 26 heavy (non-hydrogen) atoms. The molecule has 0 spiro atoms. The number of hydrogen-bond donors (Lipinski definition) is 0. The molecule has 0 N–H and O–H groups in total. The van der Waals surface area contributed by atoms with Crippen molar-refractivity contribution in [2.45, 2.75) is 19.9 Å². The molecule has 0 fully saturated rings. The van der Waals surface area contributed by atoms with Crippen LogP contribution >= 0.6 is 0 Å². The molecule has 0 aliphatic heterocycles. The lowest BCUT2D eigenvalue weighted by Gasteiger charge is -2.19. The van der Waals surface area contributed by atoms with Gasteiger partial charge in [-0.15, -0.1) is 0 Å². The van der Waals surface area contributed by atoms with Crippen molar-refractivity contribution in [1.29, 1.82) is 5.26 Å².